The van der Waals surface area contributed by atoms with E-state index in [4.69, 9.17) is 20.5 Å². The molecule has 15 saturated carbocycles. The van der Waals surface area contributed by atoms with Crippen LogP contribution in [0.3, 0.4) is 0 Å². The van der Waals surface area contributed by atoms with Crippen molar-refractivity contribution in [2.24, 2.45) is 88.7 Å². The van der Waals surface area contributed by atoms with Gasteiger partial charge in [-0.05, 0) is 106 Å². The van der Waals surface area contributed by atoms with Crippen LogP contribution in [0, 0.1) is 88.7 Å². The van der Waals surface area contributed by atoms with Crippen LogP contribution in [0.25, 0.3) is 0 Å². The van der Waals surface area contributed by atoms with Gasteiger partial charge in [0.25, 0.3) is 0 Å². The van der Waals surface area contributed by atoms with E-state index in [9.17, 15) is 0 Å². The average Bonchev–Trinajstić information content (AvgIpc) is 3.20. The Kier molecular flexibility index (Phi) is 0.442. The van der Waals surface area contributed by atoms with Crippen molar-refractivity contribution in [1.29, 1.82) is 0 Å². The number of thiol groups is 1. The molecule has 0 aromatic rings. The molecule has 0 nitrogen and oxygen atoms in total. The zero-order valence-electron chi connectivity index (χ0n) is 12.5. The average molecular weight is 326 g/mol. The summed E-state index contributed by atoms with van der Waals surface area (Å²) in [7, 11) is 6.47. The van der Waals surface area contributed by atoms with E-state index in [-0.39, 0.29) is 4.75 Å². The molecule has 15 rings (SSSR count). The van der Waals surface area contributed by atoms with E-state index < -0.39 is 0 Å². The first kappa shape index (κ1) is 8.64. The van der Waals surface area contributed by atoms with Crippen LogP contribution in [-0.4, -0.2) is 24.0 Å². The van der Waals surface area contributed by atoms with Gasteiger partial charge in [0.15, 0.2) is 0 Å². The Hall–Kier alpha value is 0.765. The van der Waals surface area contributed by atoms with Crippen LogP contribution in [0.2, 0.25) is 0 Å². The molecule has 0 N–H and O–H groups in total. The summed E-state index contributed by atoms with van der Waals surface area (Å²) in [5.41, 5.74) is 13.0. The van der Waals surface area contributed by atoms with E-state index in [1.54, 1.807) is 6.42 Å². The third-order valence-corrected chi connectivity index (χ3v) is 18.7. The normalized spacial score (nSPS) is 132. The van der Waals surface area contributed by atoms with E-state index >= 15 is 0 Å². The van der Waals surface area contributed by atoms with Gasteiger partial charge in [0.1, 0.15) is 0 Å². The molecule has 0 aromatic heterocycles. The molecule has 0 aromatic carbocycles. The SMILES string of the molecule is [B]C(SC)C1(S)C2C1C13C2C12C31C23C12C14C56C78C9CC97C85C61C324. The van der Waals surface area contributed by atoms with Crippen LogP contribution in [0.1, 0.15) is 6.42 Å². The molecule has 0 saturated heterocycles. The maximum absolute atomic E-state index is 6.47. The number of rotatable bonds is 2. The highest BCUT2D eigenvalue weighted by Gasteiger charge is 3.85. The van der Waals surface area contributed by atoms with Crippen molar-refractivity contribution in [3.05, 3.63) is 0 Å². The Morgan fingerprint density at radius 3 is 2.35 bits per heavy atom. The minimum absolute atomic E-state index is 0.264. The predicted molar refractivity (Wildman–Crippen MR) is 82.5 cm³/mol. The molecule has 15 fully saturated rings. The van der Waals surface area contributed by atoms with E-state index in [1.807, 2.05) is 11.8 Å². The van der Waals surface area contributed by atoms with Crippen LogP contribution in [0.15, 0.2) is 0 Å². The maximum atomic E-state index is 6.47. The Bertz CT molecular complexity index is 1260. The lowest BCUT2D eigenvalue weighted by atomic mass is 9.73. The minimum Gasteiger partial charge on any atom is -0.172 e. The van der Waals surface area contributed by atoms with E-state index in [0.717, 1.165) is 82.7 Å². The Labute approximate surface area is 143 Å². The van der Waals surface area contributed by atoms with Gasteiger partial charge in [-0.3, -0.25) is 0 Å². The van der Waals surface area contributed by atoms with Crippen molar-refractivity contribution >= 4 is 32.2 Å². The highest BCUT2D eigenvalue weighted by atomic mass is 32.2. The lowest BCUT2D eigenvalue weighted by Crippen LogP contribution is -2.28. The predicted octanol–water partition coefficient (Wildman–Crippen LogP) is 1.41. The summed E-state index contributed by atoms with van der Waals surface area (Å²) in [6.45, 7) is 0. The van der Waals surface area contributed by atoms with Crippen molar-refractivity contribution in [3.63, 3.8) is 0 Å². The van der Waals surface area contributed by atoms with Gasteiger partial charge in [0.2, 0.25) is 0 Å². The quantitative estimate of drug-likeness (QED) is 0.591. The second-order valence-electron chi connectivity index (χ2n) is 13.2. The highest BCUT2D eigenvalue weighted by molar-refractivity contribution is 8.01. The molecule has 15 aliphatic carbocycles. The highest BCUT2D eigenvalue weighted by Crippen LogP contribution is 3.85. The molecule has 0 amide bonds. The molecule has 2 radical (unpaired) electrons. The smallest absolute Gasteiger partial charge is 0.0865 e. The van der Waals surface area contributed by atoms with Crippen molar-refractivity contribution in [2.75, 3.05) is 6.26 Å². The zero-order valence-corrected chi connectivity index (χ0v) is 14.2. The zero-order chi connectivity index (χ0) is 13.8. The van der Waals surface area contributed by atoms with E-state index in [0.29, 0.717) is 5.15 Å². The topological polar surface area (TPSA) is 0 Å². The summed E-state index contributed by atoms with van der Waals surface area (Å²) in [5, 5.41) is 0.303. The fourth-order valence-corrected chi connectivity index (χ4v) is 20.8. The number of thioether (sulfide) groups is 1. The minimum atomic E-state index is 0.264. The molecule has 0 heterocycles. The number of hydrogen-bond donors (Lipinski definition) is 1. The maximum Gasteiger partial charge on any atom is 0.0865 e. The van der Waals surface area contributed by atoms with E-state index in [2.05, 4.69) is 6.26 Å². The molecule has 23 heavy (non-hydrogen) atoms. The molecular formula is C20H11BS2. The molecule has 0 bridgehead atoms. The lowest BCUT2D eigenvalue weighted by Gasteiger charge is -2.29. The van der Waals surface area contributed by atoms with Gasteiger partial charge in [-0.15, -0.1) is 0 Å². The first-order valence-electron chi connectivity index (χ1n) is 10.2. The third-order valence-electron chi connectivity index (χ3n) is 16.8. The third kappa shape index (κ3) is 0.194. The molecule has 15 aliphatic rings. The molecule has 18 atom stereocenters. The summed E-state index contributed by atoms with van der Waals surface area (Å²) in [5.74, 6) is 4.44. The first-order chi connectivity index (χ1) is 11.2. The molecule has 0 aliphatic heterocycles. The summed E-state index contributed by atoms with van der Waals surface area (Å²) in [4.78, 5) is 0. The van der Waals surface area contributed by atoms with E-state index in [1.165, 1.54) is 5.92 Å². The van der Waals surface area contributed by atoms with Crippen molar-refractivity contribution in [1.82, 2.24) is 0 Å². The molecule has 18 unspecified atom stereocenters. The molecule has 106 valence electrons. The standard InChI is InChI=1S/C20H11BS2/c1-23-7(21)9(22)4-5(9)10-6(4)12(10)14(10)16(12)18(14)19-15-11-3-2-8(3,11)13(11,15)17(15,19)20(16,18)19/h3-7,22H,2H2,1H3. The number of fused-ring (bicyclic) bond motifs is 2. The van der Waals surface area contributed by atoms with Gasteiger partial charge in [0.05, 0.1) is 7.85 Å². The Morgan fingerprint density at radius 1 is 0.957 bits per heavy atom. The first-order valence-corrected chi connectivity index (χ1v) is 11.9. The summed E-state index contributed by atoms with van der Waals surface area (Å²) in [6.07, 6.45) is 3.91. The second kappa shape index (κ2) is 1.18. The lowest BCUT2D eigenvalue weighted by molar-refractivity contribution is 0.156. The summed E-state index contributed by atoms with van der Waals surface area (Å²) in [6, 6.07) is 0. The van der Waals surface area contributed by atoms with Gasteiger partial charge >= 0.3 is 0 Å². The molecular weight excluding hydrogens is 315 g/mol. The summed E-state index contributed by atoms with van der Waals surface area (Å²) < 4.78 is 0.264. The van der Waals surface area contributed by atoms with Crippen LogP contribution >= 0.6 is 24.4 Å². The fourth-order valence-electron chi connectivity index (χ4n) is 19.2. The van der Waals surface area contributed by atoms with Gasteiger partial charge < -0.3 is 0 Å². The van der Waals surface area contributed by atoms with Gasteiger partial charge in [-0.25, -0.2) is 0 Å². The molecule has 3 heteroatoms. The monoisotopic (exact) mass is 326 g/mol. The van der Waals surface area contributed by atoms with Crippen LogP contribution in [0.5, 0.6) is 0 Å². The largest absolute Gasteiger partial charge is 0.172 e. The number of hydrogen-bond acceptors (Lipinski definition) is 2. The van der Waals surface area contributed by atoms with Crippen molar-refractivity contribution in [2.45, 2.75) is 16.3 Å². The van der Waals surface area contributed by atoms with Gasteiger partial charge in [-0.1, -0.05) is 0 Å². The van der Waals surface area contributed by atoms with Crippen LogP contribution in [-0.2, 0) is 0 Å². The van der Waals surface area contributed by atoms with Gasteiger partial charge in [-0.2, -0.15) is 24.4 Å². The fraction of sp³-hybridized carbons (Fsp3) is 1.00. The Morgan fingerprint density at radius 2 is 1.65 bits per heavy atom. The van der Waals surface area contributed by atoms with Crippen LogP contribution in [0.4, 0.5) is 0 Å². The second-order valence-corrected chi connectivity index (χ2v) is 15.0. The van der Waals surface area contributed by atoms with Crippen LogP contribution < -0.4 is 0 Å². The summed E-state index contributed by atoms with van der Waals surface area (Å²) >= 11 is 7.06. The molecule has 12 spiro atoms. The van der Waals surface area contributed by atoms with Crippen molar-refractivity contribution < 1.29 is 0 Å². The Balaban J connectivity index is 0.966. The van der Waals surface area contributed by atoms with Crippen molar-refractivity contribution in [3.8, 4) is 0 Å². The van der Waals surface area contributed by atoms with Gasteiger partial charge in [0, 0.05) is 4.75 Å².